The van der Waals surface area contributed by atoms with Crippen LogP contribution in [-0.4, -0.2) is 32.4 Å². The molecule has 18 heavy (non-hydrogen) atoms. The predicted octanol–water partition coefficient (Wildman–Crippen LogP) is 1.95. The molecule has 2 N–H and O–H groups in total. The van der Waals surface area contributed by atoms with Gasteiger partial charge in [0.2, 0.25) is 5.75 Å². The largest absolute Gasteiger partial charge is 0.504 e. The molecule has 1 aromatic carbocycles. The average molecular weight is 251 g/mol. The van der Waals surface area contributed by atoms with E-state index in [1.54, 1.807) is 13.2 Å². The molecule has 1 fully saturated rings. The third-order valence-electron chi connectivity index (χ3n) is 3.44. The number of piperidine rings is 1. The second kappa shape index (κ2) is 5.96. The van der Waals surface area contributed by atoms with Crippen molar-refractivity contribution < 1.29 is 14.6 Å². The number of benzene rings is 1. The lowest BCUT2D eigenvalue weighted by atomic mass is 9.92. The fourth-order valence-corrected chi connectivity index (χ4v) is 2.55. The van der Waals surface area contributed by atoms with Crippen LogP contribution < -0.4 is 14.8 Å². The van der Waals surface area contributed by atoms with Crippen molar-refractivity contribution in [2.75, 3.05) is 27.3 Å². The van der Waals surface area contributed by atoms with Crippen molar-refractivity contribution >= 4 is 0 Å². The SMILES string of the molecule is COc1cc(CC2CCCNC2)cc(O)c1OC. The monoisotopic (exact) mass is 251 g/mol. The summed E-state index contributed by atoms with van der Waals surface area (Å²) in [6.07, 6.45) is 3.42. The van der Waals surface area contributed by atoms with Gasteiger partial charge in [0.1, 0.15) is 0 Å². The van der Waals surface area contributed by atoms with Gasteiger partial charge in [-0.25, -0.2) is 0 Å². The van der Waals surface area contributed by atoms with E-state index in [0.717, 1.165) is 25.1 Å². The maximum absolute atomic E-state index is 9.91. The normalized spacial score (nSPS) is 19.6. The first-order valence-corrected chi connectivity index (χ1v) is 6.39. The molecule has 1 unspecified atom stereocenters. The van der Waals surface area contributed by atoms with Gasteiger partial charge in [0.15, 0.2) is 11.5 Å². The van der Waals surface area contributed by atoms with E-state index in [2.05, 4.69) is 5.32 Å². The number of ether oxygens (including phenoxy) is 2. The number of methoxy groups -OCH3 is 2. The van der Waals surface area contributed by atoms with Crippen molar-refractivity contribution in [1.82, 2.24) is 5.32 Å². The van der Waals surface area contributed by atoms with Crippen LogP contribution in [0.15, 0.2) is 12.1 Å². The first-order valence-electron chi connectivity index (χ1n) is 6.39. The van der Waals surface area contributed by atoms with Gasteiger partial charge in [-0.1, -0.05) is 0 Å². The van der Waals surface area contributed by atoms with E-state index in [0.29, 0.717) is 17.4 Å². The summed E-state index contributed by atoms with van der Waals surface area (Å²) in [6, 6.07) is 3.73. The van der Waals surface area contributed by atoms with E-state index in [1.165, 1.54) is 20.0 Å². The Balaban J connectivity index is 2.15. The van der Waals surface area contributed by atoms with Crippen molar-refractivity contribution in [2.45, 2.75) is 19.3 Å². The first kappa shape index (κ1) is 13.0. The fraction of sp³-hybridized carbons (Fsp3) is 0.571. The molecule has 0 spiro atoms. The quantitative estimate of drug-likeness (QED) is 0.859. The highest BCUT2D eigenvalue weighted by molar-refractivity contribution is 5.53. The minimum Gasteiger partial charge on any atom is -0.504 e. The topological polar surface area (TPSA) is 50.7 Å². The van der Waals surface area contributed by atoms with Crippen LogP contribution >= 0.6 is 0 Å². The molecule has 1 aliphatic rings. The molecule has 100 valence electrons. The lowest BCUT2D eigenvalue weighted by Gasteiger charge is -2.23. The second-order valence-corrected chi connectivity index (χ2v) is 4.77. The molecule has 1 saturated heterocycles. The number of nitrogens with one attached hydrogen (secondary N) is 1. The highest BCUT2D eigenvalue weighted by atomic mass is 16.5. The van der Waals surface area contributed by atoms with Crippen LogP contribution in [0.4, 0.5) is 0 Å². The summed E-state index contributed by atoms with van der Waals surface area (Å²) >= 11 is 0. The van der Waals surface area contributed by atoms with E-state index in [9.17, 15) is 5.11 Å². The summed E-state index contributed by atoms with van der Waals surface area (Å²) in [5.74, 6) is 1.78. The Morgan fingerprint density at radius 2 is 2.17 bits per heavy atom. The standard InChI is InChI=1S/C14H21NO3/c1-17-13-8-11(7-12(16)14(13)18-2)6-10-4-3-5-15-9-10/h7-8,10,15-16H,3-6,9H2,1-2H3. The van der Waals surface area contributed by atoms with Gasteiger partial charge in [-0.3, -0.25) is 0 Å². The molecule has 1 atom stereocenters. The Morgan fingerprint density at radius 1 is 1.33 bits per heavy atom. The molecule has 0 saturated carbocycles. The molecule has 0 radical (unpaired) electrons. The van der Waals surface area contributed by atoms with Crippen molar-refractivity contribution in [3.05, 3.63) is 17.7 Å². The van der Waals surface area contributed by atoms with Crippen LogP contribution in [0.2, 0.25) is 0 Å². The van der Waals surface area contributed by atoms with Gasteiger partial charge in [0.25, 0.3) is 0 Å². The van der Waals surface area contributed by atoms with Gasteiger partial charge in [-0.15, -0.1) is 0 Å². The molecular weight excluding hydrogens is 230 g/mol. The van der Waals surface area contributed by atoms with Gasteiger partial charge >= 0.3 is 0 Å². The molecule has 1 aromatic rings. The van der Waals surface area contributed by atoms with Crippen molar-refractivity contribution in [3.63, 3.8) is 0 Å². The molecule has 1 aliphatic heterocycles. The van der Waals surface area contributed by atoms with E-state index in [-0.39, 0.29) is 5.75 Å². The molecule has 4 heteroatoms. The van der Waals surface area contributed by atoms with Gasteiger partial charge < -0.3 is 19.9 Å². The zero-order valence-corrected chi connectivity index (χ0v) is 11.0. The van der Waals surface area contributed by atoms with Crippen LogP contribution in [0, 0.1) is 5.92 Å². The highest BCUT2D eigenvalue weighted by Crippen LogP contribution is 2.38. The number of phenols is 1. The van der Waals surface area contributed by atoms with Gasteiger partial charge in [-0.2, -0.15) is 0 Å². The van der Waals surface area contributed by atoms with E-state index >= 15 is 0 Å². The van der Waals surface area contributed by atoms with E-state index in [1.807, 2.05) is 6.07 Å². The van der Waals surface area contributed by atoms with Crippen LogP contribution in [-0.2, 0) is 6.42 Å². The van der Waals surface area contributed by atoms with Crippen molar-refractivity contribution in [3.8, 4) is 17.2 Å². The van der Waals surface area contributed by atoms with Crippen molar-refractivity contribution in [1.29, 1.82) is 0 Å². The number of aromatic hydroxyl groups is 1. The summed E-state index contributed by atoms with van der Waals surface area (Å²) < 4.78 is 10.4. The smallest absolute Gasteiger partial charge is 0.203 e. The van der Waals surface area contributed by atoms with Gasteiger partial charge in [0, 0.05) is 0 Å². The Kier molecular flexibility index (Phi) is 4.31. The Hall–Kier alpha value is -1.42. The lowest BCUT2D eigenvalue weighted by Crippen LogP contribution is -2.30. The Labute approximate surface area is 108 Å². The zero-order valence-electron chi connectivity index (χ0n) is 11.0. The molecule has 0 bridgehead atoms. The first-order chi connectivity index (χ1) is 8.74. The minimum atomic E-state index is 0.149. The molecule has 0 aliphatic carbocycles. The highest BCUT2D eigenvalue weighted by Gasteiger charge is 2.17. The maximum atomic E-state index is 9.91. The summed E-state index contributed by atoms with van der Waals surface area (Å²) in [5, 5.41) is 13.3. The second-order valence-electron chi connectivity index (χ2n) is 4.77. The van der Waals surface area contributed by atoms with Crippen LogP contribution in [0.5, 0.6) is 17.2 Å². The van der Waals surface area contributed by atoms with Crippen LogP contribution in [0.3, 0.4) is 0 Å². The number of hydrogen-bond acceptors (Lipinski definition) is 4. The Bertz CT molecular complexity index is 400. The lowest BCUT2D eigenvalue weighted by molar-refractivity contribution is 0.331. The average Bonchev–Trinajstić information content (AvgIpc) is 2.39. The minimum absolute atomic E-state index is 0.149. The summed E-state index contributed by atoms with van der Waals surface area (Å²) in [6.45, 7) is 2.17. The fourth-order valence-electron chi connectivity index (χ4n) is 2.55. The summed E-state index contributed by atoms with van der Waals surface area (Å²) in [7, 11) is 3.12. The molecule has 2 rings (SSSR count). The maximum Gasteiger partial charge on any atom is 0.203 e. The van der Waals surface area contributed by atoms with E-state index in [4.69, 9.17) is 9.47 Å². The van der Waals surface area contributed by atoms with Gasteiger partial charge in [-0.05, 0) is 56.0 Å². The molecule has 0 aromatic heterocycles. The molecule has 1 heterocycles. The third-order valence-corrected chi connectivity index (χ3v) is 3.44. The Morgan fingerprint density at radius 3 is 2.78 bits per heavy atom. The van der Waals surface area contributed by atoms with Crippen LogP contribution in [0.25, 0.3) is 0 Å². The third kappa shape index (κ3) is 2.88. The number of rotatable bonds is 4. The van der Waals surface area contributed by atoms with E-state index < -0.39 is 0 Å². The summed E-state index contributed by atoms with van der Waals surface area (Å²) in [4.78, 5) is 0. The van der Waals surface area contributed by atoms with Crippen LogP contribution in [0.1, 0.15) is 18.4 Å². The predicted molar refractivity (Wildman–Crippen MR) is 70.5 cm³/mol. The van der Waals surface area contributed by atoms with Crippen molar-refractivity contribution in [2.24, 2.45) is 5.92 Å². The van der Waals surface area contributed by atoms with Gasteiger partial charge in [0.05, 0.1) is 14.2 Å². The summed E-state index contributed by atoms with van der Waals surface area (Å²) in [5.41, 5.74) is 1.10. The number of phenolic OH excluding ortho intramolecular Hbond substituents is 1. The zero-order chi connectivity index (χ0) is 13.0. The number of hydrogen-bond donors (Lipinski definition) is 2. The molecule has 4 nitrogen and oxygen atoms in total. The molecule has 0 amide bonds. The molecular formula is C14H21NO3.